The average molecular weight is 175 g/mol. The number of benzene rings is 1. The lowest BCUT2D eigenvalue weighted by molar-refractivity contribution is 0.830. The Labute approximate surface area is 80.2 Å². The van der Waals surface area contributed by atoms with Crippen molar-refractivity contribution in [2.45, 2.75) is 32.1 Å². The molecule has 0 atom stereocenters. The van der Waals surface area contributed by atoms with Gasteiger partial charge in [-0.15, -0.1) is 0 Å². The molecule has 3 rings (SSSR count). The zero-order chi connectivity index (χ0) is 8.93. The third kappa shape index (κ3) is 2.76. The minimum absolute atomic E-state index is 1.14. The molecule has 1 saturated carbocycles. The Bertz CT molecular complexity index is 238. The number of nitrogens with one attached hydrogen (secondary N) is 1. The van der Waals surface area contributed by atoms with Crippen LogP contribution >= 0.6 is 0 Å². The van der Waals surface area contributed by atoms with Gasteiger partial charge >= 0.3 is 0 Å². The monoisotopic (exact) mass is 175 g/mol. The number of anilines is 1. The summed E-state index contributed by atoms with van der Waals surface area (Å²) >= 11 is 0. The fourth-order valence-corrected chi connectivity index (χ4v) is 1.41. The molecule has 1 fully saturated rings. The zero-order valence-electron chi connectivity index (χ0n) is 8.05. The van der Waals surface area contributed by atoms with Gasteiger partial charge in [0, 0.05) is 12.2 Å². The van der Waals surface area contributed by atoms with E-state index in [1.54, 1.807) is 0 Å². The van der Waals surface area contributed by atoms with E-state index in [0.29, 0.717) is 0 Å². The Kier molecular flexibility index (Phi) is 2.86. The van der Waals surface area contributed by atoms with Crippen LogP contribution in [0, 0.1) is 0 Å². The van der Waals surface area contributed by atoms with Crippen molar-refractivity contribution < 1.29 is 0 Å². The number of hydrogen-bond donors (Lipinski definition) is 1. The molecule has 2 aliphatic rings. The molecule has 1 aromatic carbocycles. The highest BCUT2D eigenvalue weighted by molar-refractivity contribution is 5.52. The smallest absolute Gasteiger partial charge is 0.0372 e. The van der Waals surface area contributed by atoms with Gasteiger partial charge in [0.15, 0.2) is 0 Å². The second-order valence-corrected chi connectivity index (χ2v) is 3.75. The molecule has 0 spiro atoms. The highest BCUT2D eigenvalue weighted by Gasteiger charge is 2.04. The largest absolute Gasteiger partial charge is 0.385 e. The van der Waals surface area contributed by atoms with Crippen LogP contribution in [0.1, 0.15) is 31.2 Å². The standard InChI is InChI=1S/C9H11N.C3H6/c1-2-6-9-8(4-1)5-3-7-10-9;1-2-3-1/h1-2,4,6,10H,3,5,7H2;1-3H2. The molecule has 0 bridgehead atoms. The third-order valence-electron chi connectivity index (χ3n) is 2.31. The summed E-state index contributed by atoms with van der Waals surface area (Å²) in [6, 6.07) is 8.53. The van der Waals surface area contributed by atoms with Gasteiger partial charge in [0.25, 0.3) is 0 Å². The number of aryl methyl sites for hydroxylation is 1. The average Bonchev–Trinajstić information content (AvgIpc) is 3.05. The predicted molar refractivity (Wildman–Crippen MR) is 57.1 cm³/mol. The first-order valence-corrected chi connectivity index (χ1v) is 5.28. The van der Waals surface area contributed by atoms with Crippen molar-refractivity contribution in [3.8, 4) is 0 Å². The van der Waals surface area contributed by atoms with Crippen LogP contribution in [0.15, 0.2) is 24.3 Å². The summed E-state index contributed by atoms with van der Waals surface area (Å²) in [5, 5.41) is 3.36. The Balaban J connectivity index is 0.000000185. The van der Waals surface area contributed by atoms with E-state index in [0.717, 1.165) is 6.54 Å². The van der Waals surface area contributed by atoms with E-state index in [-0.39, 0.29) is 0 Å². The molecule has 0 aromatic heterocycles. The van der Waals surface area contributed by atoms with Crippen LogP contribution in [0.2, 0.25) is 0 Å². The first-order chi connectivity index (χ1) is 6.47. The SMILES string of the molecule is C1CC1.c1ccc2c(c1)CCCN2. The molecule has 0 radical (unpaired) electrons. The summed E-state index contributed by atoms with van der Waals surface area (Å²) in [6.45, 7) is 1.14. The molecule has 1 heterocycles. The lowest BCUT2D eigenvalue weighted by Crippen LogP contribution is -2.10. The first-order valence-electron chi connectivity index (χ1n) is 5.28. The maximum Gasteiger partial charge on any atom is 0.0372 e. The van der Waals surface area contributed by atoms with E-state index in [2.05, 4.69) is 29.6 Å². The van der Waals surface area contributed by atoms with Crippen molar-refractivity contribution in [3.63, 3.8) is 0 Å². The number of rotatable bonds is 0. The fourth-order valence-electron chi connectivity index (χ4n) is 1.41. The van der Waals surface area contributed by atoms with Gasteiger partial charge in [-0.05, 0) is 24.5 Å². The van der Waals surface area contributed by atoms with Gasteiger partial charge in [0.05, 0.1) is 0 Å². The summed E-state index contributed by atoms with van der Waals surface area (Å²) in [4.78, 5) is 0. The van der Waals surface area contributed by atoms with Crippen molar-refractivity contribution in [2.24, 2.45) is 0 Å². The van der Waals surface area contributed by atoms with Crippen LogP contribution in [0.3, 0.4) is 0 Å². The summed E-state index contributed by atoms with van der Waals surface area (Å²) in [5.74, 6) is 0. The third-order valence-corrected chi connectivity index (χ3v) is 2.31. The molecule has 1 aromatic rings. The molecular formula is C12H17N. The van der Waals surface area contributed by atoms with Gasteiger partial charge in [-0.2, -0.15) is 0 Å². The van der Waals surface area contributed by atoms with E-state index >= 15 is 0 Å². The topological polar surface area (TPSA) is 12.0 Å². The Morgan fingerprint density at radius 2 is 1.69 bits per heavy atom. The summed E-state index contributed by atoms with van der Waals surface area (Å²) in [6.07, 6.45) is 7.01. The lowest BCUT2D eigenvalue weighted by atomic mass is 10.0. The first kappa shape index (κ1) is 8.61. The number of hydrogen-bond acceptors (Lipinski definition) is 1. The van der Waals surface area contributed by atoms with Crippen molar-refractivity contribution in [3.05, 3.63) is 29.8 Å². The summed E-state index contributed by atoms with van der Waals surface area (Å²) in [5.41, 5.74) is 2.79. The molecule has 0 unspecified atom stereocenters. The van der Waals surface area contributed by atoms with E-state index in [1.807, 2.05) is 0 Å². The molecular weight excluding hydrogens is 158 g/mol. The van der Waals surface area contributed by atoms with Crippen LogP contribution in [-0.4, -0.2) is 6.54 Å². The van der Waals surface area contributed by atoms with E-state index in [1.165, 1.54) is 43.4 Å². The van der Waals surface area contributed by atoms with Crippen LogP contribution < -0.4 is 5.32 Å². The quantitative estimate of drug-likeness (QED) is 0.638. The highest BCUT2D eigenvalue weighted by atomic mass is 14.9. The molecule has 13 heavy (non-hydrogen) atoms. The number of para-hydroxylation sites is 1. The van der Waals surface area contributed by atoms with Crippen LogP contribution in [0.25, 0.3) is 0 Å². The molecule has 1 heteroatoms. The van der Waals surface area contributed by atoms with Gasteiger partial charge in [-0.25, -0.2) is 0 Å². The van der Waals surface area contributed by atoms with Crippen molar-refractivity contribution in [1.82, 2.24) is 0 Å². The van der Waals surface area contributed by atoms with Gasteiger partial charge in [-0.3, -0.25) is 0 Å². The van der Waals surface area contributed by atoms with Gasteiger partial charge in [0.1, 0.15) is 0 Å². The molecule has 0 saturated heterocycles. The molecule has 0 amide bonds. The van der Waals surface area contributed by atoms with Crippen molar-refractivity contribution in [2.75, 3.05) is 11.9 Å². The van der Waals surface area contributed by atoms with Gasteiger partial charge in [-0.1, -0.05) is 37.5 Å². The second-order valence-electron chi connectivity index (χ2n) is 3.75. The Morgan fingerprint density at radius 1 is 0.923 bits per heavy atom. The predicted octanol–water partition coefficient (Wildman–Crippen LogP) is 3.22. The highest BCUT2D eigenvalue weighted by Crippen LogP contribution is 2.20. The summed E-state index contributed by atoms with van der Waals surface area (Å²) < 4.78 is 0. The van der Waals surface area contributed by atoms with Gasteiger partial charge < -0.3 is 5.32 Å². The van der Waals surface area contributed by atoms with Crippen LogP contribution in [0.5, 0.6) is 0 Å². The maximum atomic E-state index is 3.36. The Morgan fingerprint density at radius 3 is 2.38 bits per heavy atom. The van der Waals surface area contributed by atoms with E-state index in [4.69, 9.17) is 0 Å². The fraction of sp³-hybridized carbons (Fsp3) is 0.500. The van der Waals surface area contributed by atoms with Crippen molar-refractivity contribution >= 4 is 5.69 Å². The second kappa shape index (κ2) is 4.31. The Hall–Kier alpha value is -0.980. The molecule has 1 aliphatic heterocycles. The minimum Gasteiger partial charge on any atom is -0.385 e. The zero-order valence-corrected chi connectivity index (χ0v) is 8.05. The van der Waals surface area contributed by atoms with Gasteiger partial charge in [0.2, 0.25) is 0 Å². The van der Waals surface area contributed by atoms with Crippen LogP contribution in [0.4, 0.5) is 5.69 Å². The molecule has 1 aliphatic carbocycles. The lowest BCUT2D eigenvalue weighted by Gasteiger charge is -2.16. The molecule has 70 valence electrons. The minimum atomic E-state index is 1.14. The summed E-state index contributed by atoms with van der Waals surface area (Å²) in [7, 11) is 0. The maximum absolute atomic E-state index is 3.36. The normalized spacial score (nSPS) is 17.5. The van der Waals surface area contributed by atoms with E-state index in [9.17, 15) is 0 Å². The van der Waals surface area contributed by atoms with Crippen molar-refractivity contribution in [1.29, 1.82) is 0 Å². The number of fused-ring (bicyclic) bond motifs is 1. The molecule has 1 N–H and O–H groups in total. The van der Waals surface area contributed by atoms with Crippen LogP contribution in [-0.2, 0) is 6.42 Å². The molecule has 1 nitrogen and oxygen atoms in total. The van der Waals surface area contributed by atoms with E-state index < -0.39 is 0 Å².